The Labute approximate surface area is 227 Å². The normalized spacial score (nSPS) is 20.9. The predicted molar refractivity (Wildman–Crippen MR) is 154 cm³/mol. The fraction of sp³-hybridized carbons (Fsp3) is 0.720. The Morgan fingerprint density at radius 2 is 1.82 bits per heavy atom. The van der Waals surface area contributed by atoms with Crippen molar-refractivity contribution in [3.63, 3.8) is 0 Å². The van der Waals surface area contributed by atoms with E-state index in [9.17, 15) is 0 Å². The molecule has 2 aromatic heterocycles. The third-order valence-electron chi connectivity index (χ3n) is 8.01. The van der Waals surface area contributed by atoms with Crippen LogP contribution in [0.4, 0.5) is 5.95 Å². The van der Waals surface area contributed by atoms with E-state index in [2.05, 4.69) is 99.3 Å². The van der Waals surface area contributed by atoms with Crippen LogP contribution in [0.1, 0.15) is 54.2 Å². The molecule has 13 heteroatoms. The van der Waals surface area contributed by atoms with Gasteiger partial charge in [0.25, 0.3) is 0 Å². The standard InChI is InChI=1S/C25H43N7O4Si2/c1-12-13-33-22-20-21(28-23(29-22)30-31-26)32(16-27-20)19-14-17(36-38(10,11)25(5,6)7)18(35-19)15-34-37(8,9)24(2,3)4/h12,16-19H,1,13-15H2,2-11H3/t17-,18+,19+/m0/s1. The predicted octanol–water partition coefficient (Wildman–Crippen LogP) is 7.03. The number of nitrogens with zero attached hydrogens (tertiary/aromatic N) is 7. The zero-order valence-electron chi connectivity index (χ0n) is 24.5. The van der Waals surface area contributed by atoms with Crippen molar-refractivity contribution in [2.45, 2.75) is 103 Å². The molecule has 1 fully saturated rings. The molecule has 1 saturated heterocycles. The average molecular weight is 562 g/mol. The smallest absolute Gasteiger partial charge is 0.246 e. The number of ether oxygens (including phenoxy) is 2. The highest BCUT2D eigenvalue weighted by atomic mass is 28.4. The maximum absolute atomic E-state index is 8.97. The van der Waals surface area contributed by atoms with Crippen molar-refractivity contribution in [2.75, 3.05) is 13.2 Å². The highest BCUT2D eigenvalue weighted by molar-refractivity contribution is 6.74. The van der Waals surface area contributed by atoms with Gasteiger partial charge in [-0.3, -0.25) is 4.57 Å². The minimum atomic E-state index is -2.09. The lowest BCUT2D eigenvalue weighted by atomic mass is 10.2. The summed E-state index contributed by atoms with van der Waals surface area (Å²) in [5.74, 6) is 0.173. The first kappa shape index (κ1) is 30.3. The molecule has 38 heavy (non-hydrogen) atoms. The van der Waals surface area contributed by atoms with Gasteiger partial charge in [0, 0.05) is 11.3 Å². The van der Waals surface area contributed by atoms with Gasteiger partial charge >= 0.3 is 0 Å². The van der Waals surface area contributed by atoms with Crippen LogP contribution < -0.4 is 4.74 Å². The Hall–Kier alpha value is -2.29. The second kappa shape index (κ2) is 11.1. The highest BCUT2D eigenvalue weighted by Crippen LogP contribution is 2.43. The molecule has 0 N–H and O–H groups in total. The lowest BCUT2D eigenvalue weighted by Crippen LogP contribution is -2.48. The fourth-order valence-corrected chi connectivity index (χ4v) is 5.99. The number of fused-ring (bicyclic) bond motifs is 1. The molecule has 2 aromatic rings. The van der Waals surface area contributed by atoms with Gasteiger partial charge in [-0.05, 0) is 46.9 Å². The van der Waals surface area contributed by atoms with Gasteiger partial charge < -0.3 is 18.3 Å². The van der Waals surface area contributed by atoms with Crippen LogP contribution in [0.25, 0.3) is 21.6 Å². The summed E-state index contributed by atoms with van der Waals surface area (Å²) in [6.45, 7) is 26.7. The zero-order chi connectivity index (χ0) is 28.5. The summed E-state index contributed by atoms with van der Waals surface area (Å²) < 4.78 is 27.6. The van der Waals surface area contributed by atoms with E-state index >= 15 is 0 Å². The third kappa shape index (κ3) is 6.46. The number of aromatic nitrogens is 4. The molecule has 0 amide bonds. The molecule has 0 bridgehead atoms. The summed E-state index contributed by atoms with van der Waals surface area (Å²) >= 11 is 0. The monoisotopic (exact) mass is 561 g/mol. The fourth-order valence-electron chi connectivity index (χ4n) is 3.62. The number of imidazole rings is 1. The van der Waals surface area contributed by atoms with Crippen molar-refractivity contribution in [1.82, 2.24) is 19.5 Å². The molecule has 11 nitrogen and oxygen atoms in total. The molecular formula is C25H43N7O4Si2. The number of hydrogen-bond donors (Lipinski definition) is 0. The molecule has 0 saturated carbocycles. The number of hydrogen-bond acceptors (Lipinski definition) is 8. The van der Waals surface area contributed by atoms with E-state index < -0.39 is 22.9 Å². The SMILES string of the molecule is C=CCOc1nc(N=[N+]=[N-])nc2c1ncn2[C@H]1C[C@H](O[Si](C)(C)C(C)(C)C)[C@@H](CO[Si](C)(C)C(C)(C)C)O1. The molecule has 0 unspecified atom stereocenters. The highest BCUT2D eigenvalue weighted by Gasteiger charge is 2.47. The molecule has 0 aliphatic carbocycles. The maximum Gasteiger partial charge on any atom is 0.246 e. The van der Waals surface area contributed by atoms with E-state index in [0.717, 1.165) is 0 Å². The van der Waals surface area contributed by atoms with Crippen molar-refractivity contribution in [3.8, 4) is 5.88 Å². The summed E-state index contributed by atoms with van der Waals surface area (Å²) in [6.07, 6.45) is 3.06. The van der Waals surface area contributed by atoms with E-state index in [1.807, 2.05) is 4.57 Å². The van der Waals surface area contributed by atoms with Crippen LogP contribution in [-0.2, 0) is 13.6 Å². The van der Waals surface area contributed by atoms with E-state index in [4.69, 9.17) is 23.9 Å². The summed E-state index contributed by atoms with van der Waals surface area (Å²) in [7, 11) is -4.10. The van der Waals surface area contributed by atoms with Crippen LogP contribution in [0.15, 0.2) is 24.1 Å². The van der Waals surface area contributed by atoms with Gasteiger partial charge in [-0.1, -0.05) is 54.2 Å². The van der Waals surface area contributed by atoms with Crippen molar-refractivity contribution >= 4 is 33.7 Å². The van der Waals surface area contributed by atoms with Crippen molar-refractivity contribution in [3.05, 3.63) is 29.4 Å². The average Bonchev–Trinajstić information content (AvgIpc) is 3.38. The van der Waals surface area contributed by atoms with Gasteiger partial charge in [0.05, 0.1) is 19.0 Å². The number of azide groups is 1. The van der Waals surface area contributed by atoms with Crippen molar-refractivity contribution in [1.29, 1.82) is 0 Å². The van der Waals surface area contributed by atoms with Crippen LogP contribution >= 0.6 is 0 Å². The Morgan fingerprint density at radius 1 is 1.16 bits per heavy atom. The maximum atomic E-state index is 8.97. The Bertz CT molecular complexity index is 1200. The molecular weight excluding hydrogens is 518 g/mol. The van der Waals surface area contributed by atoms with Crippen LogP contribution in [0.2, 0.25) is 36.3 Å². The van der Waals surface area contributed by atoms with E-state index in [-0.39, 0.29) is 40.7 Å². The summed E-state index contributed by atoms with van der Waals surface area (Å²) in [5, 5.41) is 3.72. The van der Waals surface area contributed by atoms with Gasteiger partial charge in [-0.15, -0.1) is 0 Å². The molecule has 0 radical (unpaired) electrons. The Balaban J connectivity index is 1.98. The van der Waals surface area contributed by atoms with Gasteiger partial charge in [0.2, 0.25) is 11.8 Å². The minimum absolute atomic E-state index is 0.0481. The molecule has 3 heterocycles. The van der Waals surface area contributed by atoms with Crippen molar-refractivity contribution < 1.29 is 18.3 Å². The van der Waals surface area contributed by atoms with E-state index in [0.29, 0.717) is 24.2 Å². The summed E-state index contributed by atoms with van der Waals surface area (Å²) in [4.78, 5) is 16.0. The lowest BCUT2D eigenvalue weighted by molar-refractivity contribution is -0.0383. The minimum Gasteiger partial charge on any atom is -0.472 e. The van der Waals surface area contributed by atoms with Crippen LogP contribution in [0.5, 0.6) is 5.88 Å². The first-order chi connectivity index (χ1) is 17.5. The number of rotatable bonds is 10. The first-order valence-corrected chi connectivity index (χ1v) is 18.8. The lowest BCUT2D eigenvalue weighted by Gasteiger charge is -2.40. The summed E-state index contributed by atoms with van der Waals surface area (Å²) in [5.41, 5.74) is 9.88. The zero-order valence-corrected chi connectivity index (χ0v) is 26.5. The second-order valence-electron chi connectivity index (χ2n) is 12.8. The Kier molecular flexibility index (Phi) is 8.81. The van der Waals surface area contributed by atoms with E-state index in [1.54, 1.807) is 12.4 Å². The quantitative estimate of drug-likeness (QED) is 0.1000. The molecule has 3 rings (SSSR count). The van der Waals surface area contributed by atoms with Gasteiger partial charge in [0.15, 0.2) is 27.8 Å². The van der Waals surface area contributed by atoms with Crippen LogP contribution in [0.3, 0.4) is 0 Å². The molecule has 0 spiro atoms. The molecule has 0 aromatic carbocycles. The summed E-state index contributed by atoms with van der Waals surface area (Å²) in [6, 6.07) is 0. The van der Waals surface area contributed by atoms with Gasteiger partial charge in [0.1, 0.15) is 18.9 Å². The Morgan fingerprint density at radius 3 is 2.39 bits per heavy atom. The van der Waals surface area contributed by atoms with E-state index in [1.165, 1.54) is 0 Å². The van der Waals surface area contributed by atoms with Crippen LogP contribution in [-0.4, -0.2) is 61.6 Å². The molecule has 210 valence electrons. The third-order valence-corrected chi connectivity index (χ3v) is 17.0. The largest absolute Gasteiger partial charge is 0.472 e. The molecule has 1 aliphatic rings. The molecule has 3 atom stereocenters. The second-order valence-corrected chi connectivity index (χ2v) is 22.4. The van der Waals surface area contributed by atoms with Gasteiger partial charge in [-0.2, -0.15) is 4.98 Å². The first-order valence-electron chi connectivity index (χ1n) is 13.0. The topological polar surface area (TPSA) is 129 Å². The molecule has 1 aliphatic heterocycles. The van der Waals surface area contributed by atoms with Gasteiger partial charge in [-0.25, -0.2) is 9.97 Å². The van der Waals surface area contributed by atoms with Crippen molar-refractivity contribution in [2.24, 2.45) is 5.11 Å². The van der Waals surface area contributed by atoms with Crippen LogP contribution in [0, 0.1) is 0 Å².